The minimum absolute atomic E-state index is 0.131. The van der Waals surface area contributed by atoms with E-state index in [4.69, 9.17) is 4.74 Å². The van der Waals surface area contributed by atoms with Gasteiger partial charge in [-0.15, -0.1) is 0 Å². The highest BCUT2D eigenvalue weighted by atomic mass is 32.2. The fourth-order valence-corrected chi connectivity index (χ4v) is 4.31. The summed E-state index contributed by atoms with van der Waals surface area (Å²) in [5.41, 5.74) is 0. The first kappa shape index (κ1) is 19.5. The number of hydrogen-bond acceptors (Lipinski definition) is 5. The van der Waals surface area contributed by atoms with Gasteiger partial charge in [0.05, 0.1) is 5.75 Å². The number of hydrogen-bond donors (Lipinski definition) is 1. The highest BCUT2D eigenvalue weighted by Gasteiger charge is 2.30. The minimum Gasteiger partial charge on any atom is -0.508 e. The van der Waals surface area contributed by atoms with E-state index >= 15 is 0 Å². The number of rotatable bonds is 7. The first-order valence-electron chi connectivity index (χ1n) is 8.56. The monoisotopic (exact) mass is 370 g/mol. The SMILES string of the molecule is CCCCS(=O)(=O)N1CCN(C(=O)C(C)Oc2ccc(O)cc2)CC1. The number of carbonyl (C=O) groups is 1. The van der Waals surface area contributed by atoms with Crippen LogP contribution in [-0.4, -0.2) is 66.7 Å². The molecule has 0 bridgehead atoms. The van der Waals surface area contributed by atoms with E-state index in [1.165, 1.54) is 16.4 Å². The van der Waals surface area contributed by atoms with Crippen molar-refractivity contribution in [2.45, 2.75) is 32.8 Å². The number of unbranched alkanes of at least 4 members (excludes halogenated alkanes) is 1. The summed E-state index contributed by atoms with van der Waals surface area (Å²) in [7, 11) is -3.23. The van der Waals surface area contributed by atoms with Crippen molar-refractivity contribution in [3.05, 3.63) is 24.3 Å². The molecule has 1 N–H and O–H groups in total. The van der Waals surface area contributed by atoms with Crippen LogP contribution in [0.5, 0.6) is 11.5 Å². The molecule has 1 aromatic carbocycles. The van der Waals surface area contributed by atoms with Crippen LogP contribution in [0.3, 0.4) is 0 Å². The number of aromatic hydroxyl groups is 1. The maximum atomic E-state index is 12.5. The van der Waals surface area contributed by atoms with E-state index < -0.39 is 16.1 Å². The van der Waals surface area contributed by atoms with Gasteiger partial charge in [0.1, 0.15) is 11.5 Å². The number of nitrogens with zero attached hydrogens (tertiary/aromatic N) is 2. The Morgan fingerprint density at radius 2 is 1.80 bits per heavy atom. The largest absolute Gasteiger partial charge is 0.508 e. The van der Waals surface area contributed by atoms with Crippen molar-refractivity contribution >= 4 is 15.9 Å². The van der Waals surface area contributed by atoms with Gasteiger partial charge in [0.15, 0.2) is 6.10 Å². The number of sulfonamides is 1. The van der Waals surface area contributed by atoms with Crippen LogP contribution in [0.15, 0.2) is 24.3 Å². The van der Waals surface area contributed by atoms with E-state index in [1.807, 2.05) is 6.92 Å². The van der Waals surface area contributed by atoms with E-state index in [-0.39, 0.29) is 17.4 Å². The molecule has 25 heavy (non-hydrogen) atoms. The molecular formula is C17H26N2O5S. The van der Waals surface area contributed by atoms with Gasteiger partial charge in [-0.2, -0.15) is 4.31 Å². The summed E-state index contributed by atoms with van der Waals surface area (Å²) in [6.07, 6.45) is 0.816. The molecule has 0 radical (unpaired) electrons. The summed E-state index contributed by atoms with van der Waals surface area (Å²) in [6, 6.07) is 6.17. The number of ether oxygens (including phenoxy) is 1. The highest BCUT2D eigenvalue weighted by Crippen LogP contribution is 2.18. The third-order valence-corrected chi connectivity index (χ3v) is 6.15. The number of piperazine rings is 1. The van der Waals surface area contributed by atoms with E-state index in [9.17, 15) is 18.3 Å². The molecule has 1 fully saturated rings. The fourth-order valence-electron chi connectivity index (χ4n) is 2.68. The lowest BCUT2D eigenvalue weighted by Gasteiger charge is -2.35. The molecule has 1 amide bonds. The van der Waals surface area contributed by atoms with Crippen molar-refractivity contribution in [3.8, 4) is 11.5 Å². The van der Waals surface area contributed by atoms with Crippen molar-refractivity contribution in [2.24, 2.45) is 0 Å². The number of phenols is 1. The zero-order chi connectivity index (χ0) is 18.4. The second-order valence-electron chi connectivity index (χ2n) is 6.15. The molecule has 0 aliphatic carbocycles. The van der Waals surface area contributed by atoms with Crippen LogP contribution >= 0.6 is 0 Å². The minimum atomic E-state index is -3.23. The quantitative estimate of drug-likeness (QED) is 0.785. The highest BCUT2D eigenvalue weighted by molar-refractivity contribution is 7.89. The molecule has 1 saturated heterocycles. The van der Waals surface area contributed by atoms with Crippen LogP contribution in [0, 0.1) is 0 Å². The molecule has 0 aromatic heterocycles. The second kappa shape index (κ2) is 8.53. The van der Waals surface area contributed by atoms with Gasteiger partial charge >= 0.3 is 0 Å². The fraction of sp³-hybridized carbons (Fsp3) is 0.588. The summed E-state index contributed by atoms with van der Waals surface area (Å²) in [6.45, 7) is 5.01. The summed E-state index contributed by atoms with van der Waals surface area (Å²) >= 11 is 0. The van der Waals surface area contributed by atoms with Gasteiger partial charge in [-0.05, 0) is 37.6 Å². The molecule has 140 valence electrons. The van der Waals surface area contributed by atoms with Crippen LogP contribution in [0.25, 0.3) is 0 Å². The zero-order valence-electron chi connectivity index (χ0n) is 14.7. The molecule has 1 unspecified atom stereocenters. The molecule has 1 aromatic rings. The first-order chi connectivity index (χ1) is 11.8. The topological polar surface area (TPSA) is 87.2 Å². The Bertz CT molecular complexity index is 667. The lowest BCUT2D eigenvalue weighted by Crippen LogP contribution is -2.53. The normalized spacial score (nSPS) is 17.3. The molecular weight excluding hydrogens is 344 g/mol. The predicted molar refractivity (Wildman–Crippen MR) is 95.0 cm³/mol. The van der Waals surface area contributed by atoms with Crippen molar-refractivity contribution in [1.29, 1.82) is 0 Å². The van der Waals surface area contributed by atoms with E-state index in [1.54, 1.807) is 24.0 Å². The molecule has 0 spiro atoms. The molecule has 1 heterocycles. The van der Waals surface area contributed by atoms with Crippen molar-refractivity contribution in [2.75, 3.05) is 31.9 Å². The molecule has 1 atom stereocenters. The molecule has 2 rings (SSSR count). The summed E-state index contributed by atoms with van der Waals surface area (Å²) in [4.78, 5) is 14.1. The summed E-state index contributed by atoms with van der Waals surface area (Å²) in [5.74, 6) is 0.627. The van der Waals surface area contributed by atoms with Crippen LogP contribution in [0.4, 0.5) is 0 Å². The van der Waals surface area contributed by atoms with Crippen LogP contribution in [0.1, 0.15) is 26.7 Å². The van der Waals surface area contributed by atoms with Gasteiger partial charge in [-0.3, -0.25) is 4.79 Å². The van der Waals surface area contributed by atoms with Gasteiger partial charge in [0.2, 0.25) is 10.0 Å². The second-order valence-corrected chi connectivity index (χ2v) is 8.24. The maximum Gasteiger partial charge on any atom is 0.263 e. The van der Waals surface area contributed by atoms with Gasteiger partial charge in [-0.25, -0.2) is 8.42 Å². The van der Waals surface area contributed by atoms with Crippen LogP contribution in [0.2, 0.25) is 0 Å². The van der Waals surface area contributed by atoms with E-state index in [0.717, 1.165) is 6.42 Å². The molecule has 8 heteroatoms. The number of phenolic OH excluding ortho intramolecular Hbond substituents is 1. The maximum absolute atomic E-state index is 12.5. The molecule has 1 aliphatic rings. The predicted octanol–water partition coefficient (Wildman–Crippen LogP) is 1.43. The van der Waals surface area contributed by atoms with Gasteiger partial charge in [0.25, 0.3) is 5.91 Å². The van der Waals surface area contributed by atoms with Gasteiger partial charge < -0.3 is 14.7 Å². The summed E-state index contributed by atoms with van der Waals surface area (Å²) < 4.78 is 31.5. The van der Waals surface area contributed by atoms with E-state index in [0.29, 0.717) is 38.3 Å². The standard InChI is InChI=1S/C17H26N2O5S/c1-3-4-13-25(22,23)19-11-9-18(10-12-19)17(21)14(2)24-16-7-5-15(20)6-8-16/h5-8,14,20H,3-4,9-13H2,1-2H3. The average molecular weight is 370 g/mol. The van der Waals surface area contributed by atoms with E-state index in [2.05, 4.69) is 0 Å². The third kappa shape index (κ3) is 5.34. The van der Waals surface area contributed by atoms with Crippen LogP contribution < -0.4 is 4.74 Å². The first-order valence-corrected chi connectivity index (χ1v) is 10.2. The average Bonchev–Trinajstić information content (AvgIpc) is 2.61. The van der Waals surface area contributed by atoms with Crippen molar-refractivity contribution in [3.63, 3.8) is 0 Å². The van der Waals surface area contributed by atoms with Gasteiger partial charge in [0, 0.05) is 26.2 Å². The number of benzene rings is 1. The Kier molecular flexibility index (Phi) is 6.66. The Morgan fingerprint density at radius 3 is 2.36 bits per heavy atom. The Balaban J connectivity index is 1.87. The van der Waals surface area contributed by atoms with Gasteiger partial charge in [-0.1, -0.05) is 13.3 Å². The number of amides is 1. The van der Waals surface area contributed by atoms with Crippen molar-refractivity contribution < 1.29 is 23.1 Å². The third-order valence-electron chi connectivity index (χ3n) is 4.20. The molecule has 7 nitrogen and oxygen atoms in total. The summed E-state index contributed by atoms with van der Waals surface area (Å²) in [5, 5.41) is 9.26. The lowest BCUT2D eigenvalue weighted by atomic mass is 10.2. The van der Waals surface area contributed by atoms with Crippen molar-refractivity contribution in [1.82, 2.24) is 9.21 Å². The smallest absolute Gasteiger partial charge is 0.263 e. The Hall–Kier alpha value is -1.80. The molecule has 1 aliphatic heterocycles. The zero-order valence-corrected chi connectivity index (χ0v) is 15.5. The lowest BCUT2D eigenvalue weighted by molar-refractivity contribution is -0.139. The Labute approximate surface area is 149 Å². The van der Waals surface area contributed by atoms with Crippen LogP contribution in [-0.2, 0) is 14.8 Å². The molecule has 0 saturated carbocycles. The number of carbonyl (C=O) groups excluding carboxylic acids is 1. The Morgan fingerprint density at radius 1 is 1.20 bits per heavy atom.